The van der Waals surface area contributed by atoms with E-state index >= 15 is 0 Å². The fourth-order valence-corrected chi connectivity index (χ4v) is 1.95. The molecule has 96 valence electrons. The molecule has 2 aromatic rings. The number of nitrogens with one attached hydrogen (secondary N) is 2. The molecule has 0 saturated heterocycles. The second-order valence-corrected chi connectivity index (χ2v) is 4.15. The zero-order chi connectivity index (χ0) is 12.8. The molecular weight excluding hydrogens is 226 g/mol. The van der Waals surface area contributed by atoms with Crippen molar-refractivity contribution < 1.29 is 4.74 Å². The van der Waals surface area contributed by atoms with Gasteiger partial charge in [-0.3, -0.25) is 0 Å². The van der Waals surface area contributed by atoms with E-state index in [0.717, 1.165) is 24.5 Å². The molecule has 0 radical (unpaired) electrons. The molecule has 0 aliphatic rings. The maximum atomic E-state index is 5.17. The molecule has 18 heavy (non-hydrogen) atoms. The van der Waals surface area contributed by atoms with Crippen molar-refractivity contribution in [2.24, 2.45) is 0 Å². The molecule has 1 aromatic heterocycles. The molecule has 1 heterocycles. The van der Waals surface area contributed by atoms with Crippen LogP contribution in [0.5, 0.6) is 5.75 Å². The molecule has 0 spiro atoms. The molecule has 0 fully saturated rings. The summed E-state index contributed by atoms with van der Waals surface area (Å²) in [6.45, 7) is 2.92. The Kier molecular flexibility index (Phi) is 4.36. The summed E-state index contributed by atoms with van der Waals surface area (Å²) < 4.78 is 5.17. The fraction of sp³-hybridized carbons (Fsp3) is 0.357. The number of nitrogens with zero attached hydrogens (tertiary/aromatic N) is 1. The molecule has 0 aliphatic carbocycles. The number of rotatable bonds is 6. The normalized spacial score (nSPS) is 12.3. The maximum absolute atomic E-state index is 5.17. The van der Waals surface area contributed by atoms with E-state index in [-0.39, 0.29) is 0 Å². The molecule has 4 heteroatoms. The summed E-state index contributed by atoms with van der Waals surface area (Å²) in [4.78, 5) is 7.30. The number of H-pyrrole nitrogens is 1. The highest BCUT2D eigenvalue weighted by atomic mass is 16.5. The summed E-state index contributed by atoms with van der Waals surface area (Å²) in [5, 5.41) is 3.49. The monoisotopic (exact) mass is 245 g/mol. The van der Waals surface area contributed by atoms with E-state index in [4.69, 9.17) is 4.74 Å². The highest BCUT2D eigenvalue weighted by Gasteiger charge is 2.09. The quantitative estimate of drug-likeness (QED) is 0.822. The largest absolute Gasteiger partial charge is 0.497 e. The summed E-state index contributed by atoms with van der Waals surface area (Å²) in [6, 6.07) is 8.52. The molecule has 0 amide bonds. The predicted octanol–water partition coefficient (Wildman–Crippen LogP) is 2.66. The van der Waals surface area contributed by atoms with E-state index in [1.165, 1.54) is 5.56 Å². The van der Waals surface area contributed by atoms with Gasteiger partial charge in [0, 0.05) is 18.4 Å². The zero-order valence-corrected chi connectivity index (χ0v) is 10.8. The Morgan fingerprint density at radius 1 is 1.33 bits per heavy atom. The van der Waals surface area contributed by atoms with Crippen LogP contribution in [0, 0.1) is 0 Å². The van der Waals surface area contributed by atoms with Crippen LogP contribution in [-0.2, 0) is 6.54 Å². The number of aromatic nitrogens is 2. The van der Waals surface area contributed by atoms with E-state index in [0.29, 0.717) is 6.04 Å². The lowest BCUT2D eigenvalue weighted by Crippen LogP contribution is -2.20. The van der Waals surface area contributed by atoms with Gasteiger partial charge in [0.1, 0.15) is 11.6 Å². The van der Waals surface area contributed by atoms with E-state index in [1.54, 1.807) is 13.3 Å². The SMILES string of the molecule is CCC(NCc1ncc[nH]1)c1ccc(OC)cc1. The van der Waals surface area contributed by atoms with E-state index in [9.17, 15) is 0 Å². The Hall–Kier alpha value is -1.81. The van der Waals surface area contributed by atoms with Crippen molar-refractivity contribution in [3.8, 4) is 5.75 Å². The van der Waals surface area contributed by atoms with Crippen molar-refractivity contribution in [1.82, 2.24) is 15.3 Å². The Balaban J connectivity index is 1.98. The minimum Gasteiger partial charge on any atom is -0.497 e. The van der Waals surface area contributed by atoms with Gasteiger partial charge in [-0.05, 0) is 24.1 Å². The van der Waals surface area contributed by atoms with Gasteiger partial charge in [0.25, 0.3) is 0 Å². The van der Waals surface area contributed by atoms with Gasteiger partial charge in [0.05, 0.1) is 13.7 Å². The Morgan fingerprint density at radius 2 is 2.11 bits per heavy atom. The van der Waals surface area contributed by atoms with Crippen LogP contribution >= 0.6 is 0 Å². The highest BCUT2D eigenvalue weighted by molar-refractivity contribution is 5.29. The van der Waals surface area contributed by atoms with Gasteiger partial charge in [0.15, 0.2) is 0 Å². The summed E-state index contributed by atoms with van der Waals surface area (Å²) in [7, 11) is 1.68. The Bertz CT molecular complexity index is 450. The molecule has 0 bridgehead atoms. The topological polar surface area (TPSA) is 49.9 Å². The standard InChI is InChI=1S/C14H19N3O/c1-3-13(17-10-14-15-8-9-16-14)11-4-6-12(18-2)7-5-11/h4-9,13,17H,3,10H2,1-2H3,(H,15,16). The van der Waals surface area contributed by atoms with Gasteiger partial charge in [-0.25, -0.2) is 4.98 Å². The molecular formula is C14H19N3O. The van der Waals surface area contributed by atoms with Gasteiger partial charge < -0.3 is 15.0 Å². The first-order chi connectivity index (χ1) is 8.83. The molecule has 1 aromatic carbocycles. The fourth-order valence-electron chi connectivity index (χ4n) is 1.95. The van der Waals surface area contributed by atoms with Crippen molar-refractivity contribution >= 4 is 0 Å². The van der Waals surface area contributed by atoms with Crippen LogP contribution in [0.2, 0.25) is 0 Å². The van der Waals surface area contributed by atoms with Gasteiger partial charge >= 0.3 is 0 Å². The zero-order valence-electron chi connectivity index (χ0n) is 10.8. The Morgan fingerprint density at radius 3 is 2.67 bits per heavy atom. The van der Waals surface area contributed by atoms with Crippen molar-refractivity contribution in [2.75, 3.05) is 7.11 Å². The second kappa shape index (κ2) is 6.21. The van der Waals surface area contributed by atoms with E-state index in [1.807, 2.05) is 18.3 Å². The molecule has 2 N–H and O–H groups in total. The summed E-state index contributed by atoms with van der Waals surface area (Å²) in [5.41, 5.74) is 1.27. The summed E-state index contributed by atoms with van der Waals surface area (Å²) in [5.74, 6) is 1.85. The van der Waals surface area contributed by atoms with Crippen molar-refractivity contribution in [3.63, 3.8) is 0 Å². The number of hydrogen-bond acceptors (Lipinski definition) is 3. The lowest BCUT2D eigenvalue weighted by molar-refractivity contribution is 0.414. The Labute approximate surface area is 107 Å². The van der Waals surface area contributed by atoms with Gasteiger partial charge in [-0.1, -0.05) is 19.1 Å². The van der Waals surface area contributed by atoms with Crippen LogP contribution in [0.1, 0.15) is 30.8 Å². The second-order valence-electron chi connectivity index (χ2n) is 4.15. The van der Waals surface area contributed by atoms with Crippen LogP contribution in [-0.4, -0.2) is 17.1 Å². The smallest absolute Gasteiger partial charge is 0.120 e. The number of methoxy groups -OCH3 is 1. The predicted molar refractivity (Wildman–Crippen MR) is 71.5 cm³/mol. The number of benzene rings is 1. The summed E-state index contributed by atoms with van der Waals surface area (Å²) in [6.07, 6.45) is 4.64. The average Bonchev–Trinajstić information content (AvgIpc) is 2.93. The van der Waals surface area contributed by atoms with Crippen LogP contribution < -0.4 is 10.1 Å². The summed E-state index contributed by atoms with van der Waals surface area (Å²) >= 11 is 0. The van der Waals surface area contributed by atoms with Crippen LogP contribution in [0.3, 0.4) is 0 Å². The van der Waals surface area contributed by atoms with Crippen LogP contribution in [0.25, 0.3) is 0 Å². The third kappa shape index (κ3) is 3.11. The molecule has 2 rings (SSSR count). The molecule has 1 atom stereocenters. The first-order valence-corrected chi connectivity index (χ1v) is 6.19. The van der Waals surface area contributed by atoms with Gasteiger partial charge in [-0.15, -0.1) is 0 Å². The molecule has 0 aliphatic heterocycles. The number of ether oxygens (including phenoxy) is 1. The highest BCUT2D eigenvalue weighted by Crippen LogP contribution is 2.20. The molecule has 1 unspecified atom stereocenters. The third-order valence-electron chi connectivity index (χ3n) is 3.00. The first-order valence-electron chi connectivity index (χ1n) is 6.19. The minimum absolute atomic E-state index is 0.334. The average molecular weight is 245 g/mol. The number of aromatic amines is 1. The van der Waals surface area contributed by atoms with Crippen LogP contribution in [0.4, 0.5) is 0 Å². The van der Waals surface area contributed by atoms with E-state index < -0.39 is 0 Å². The molecule has 4 nitrogen and oxygen atoms in total. The number of hydrogen-bond donors (Lipinski definition) is 2. The first kappa shape index (κ1) is 12.6. The lowest BCUT2D eigenvalue weighted by atomic mass is 10.0. The maximum Gasteiger partial charge on any atom is 0.120 e. The minimum atomic E-state index is 0.334. The lowest BCUT2D eigenvalue weighted by Gasteiger charge is -2.17. The van der Waals surface area contributed by atoms with Gasteiger partial charge in [0.2, 0.25) is 0 Å². The van der Waals surface area contributed by atoms with E-state index in [2.05, 4.69) is 34.3 Å². The van der Waals surface area contributed by atoms with Crippen molar-refractivity contribution in [3.05, 3.63) is 48.0 Å². The number of imidazole rings is 1. The van der Waals surface area contributed by atoms with Crippen molar-refractivity contribution in [1.29, 1.82) is 0 Å². The molecule has 0 saturated carbocycles. The third-order valence-corrected chi connectivity index (χ3v) is 3.00. The van der Waals surface area contributed by atoms with Crippen LogP contribution in [0.15, 0.2) is 36.7 Å². The van der Waals surface area contributed by atoms with Crippen molar-refractivity contribution in [2.45, 2.75) is 25.9 Å². The van der Waals surface area contributed by atoms with Gasteiger partial charge in [-0.2, -0.15) is 0 Å².